The maximum absolute atomic E-state index is 9.81. The van der Waals surface area contributed by atoms with Crippen molar-refractivity contribution in [1.82, 2.24) is 10.2 Å². The monoisotopic (exact) mass is 318 g/mol. The fourth-order valence-corrected chi connectivity index (χ4v) is 3.84. The highest BCUT2D eigenvalue weighted by atomic mass is 16.5. The summed E-state index contributed by atoms with van der Waals surface area (Å²) in [7, 11) is 0. The third-order valence-corrected chi connectivity index (χ3v) is 5.59. The number of hydrogen-bond acceptors (Lipinski definition) is 4. The Morgan fingerprint density at radius 2 is 2.00 bits per heavy atom. The topological polar surface area (TPSA) is 44.7 Å². The van der Waals surface area contributed by atoms with E-state index in [0.717, 1.165) is 45.7 Å². The van der Waals surface area contributed by atoms with Gasteiger partial charge in [0.05, 0.1) is 6.61 Å². The van der Waals surface area contributed by atoms with Crippen LogP contribution in [-0.2, 0) is 11.3 Å². The number of benzene rings is 1. The molecule has 0 bridgehead atoms. The molecule has 4 heteroatoms. The Bertz CT molecular complexity index is 474. The summed E-state index contributed by atoms with van der Waals surface area (Å²) in [6.45, 7) is 7.17. The van der Waals surface area contributed by atoms with Crippen molar-refractivity contribution < 1.29 is 9.84 Å². The van der Waals surface area contributed by atoms with Gasteiger partial charge in [-0.15, -0.1) is 0 Å². The highest BCUT2D eigenvalue weighted by Crippen LogP contribution is 2.30. The summed E-state index contributed by atoms with van der Waals surface area (Å²) in [6, 6.07) is 11.8. The number of rotatable bonds is 6. The van der Waals surface area contributed by atoms with Crippen LogP contribution in [0.15, 0.2) is 30.3 Å². The fraction of sp³-hybridized carbons (Fsp3) is 0.684. The molecule has 2 aliphatic rings. The summed E-state index contributed by atoms with van der Waals surface area (Å²) in [5.74, 6) is 0. The number of nitrogens with zero attached hydrogens (tertiary/aromatic N) is 1. The van der Waals surface area contributed by atoms with Crippen LogP contribution < -0.4 is 5.32 Å². The first-order valence-corrected chi connectivity index (χ1v) is 8.91. The van der Waals surface area contributed by atoms with E-state index in [9.17, 15) is 5.11 Å². The summed E-state index contributed by atoms with van der Waals surface area (Å²) in [4.78, 5) is 2.56. The van der Waals surface area contributed by atoms with Crippen molar-refractivity contribution in [2.24, 2.45) is 5.41 Å². The molecule has 2 atom stereocenters. The van der Waals surface area contributed by atoms with E-state index in [1.54, 1.807) is 0 Å². The molecule has 0 radical (unpaired) electrons. The Balaban J connectivity index is 1.50. The molecule has 2 N–H and O–H groups in total. The Morgan fingerprint density at radius 3 is 2.70 bits per heavy atom. The molecule has 0 saturated carbocycles. The van der Waals surface area contributed by atoms with Crippen molar-refractivity contribution in [1.29, 1.82) is 0 Å². The largest absolute Gasteiger partial charge is 0.396 e. The van der Waals surface area contributed by atoms with E-state index in [2.05, 4.69) is 47.5 Å². The van der Waals surface area contributed by atoms with Crippen LogP contribution in [0.25, 0.3) is 0 Å². The van der Waals surface area contributed by atoms with Gasteiger partial charge in [0.15, 0.2) is 0 Å². The van der Waals surface area contributed by atoms with Gasteiger partial charge >= 0.3 is 0 Å². The molecule has 3 rings (SSSR count). The highest BCUT2D eigenvalue weighted by molar-refractivity contribution is 5.15. The van der Waals surface area contributed by atoms with Crippen LogP contribution in [0.4, 0.5) is 0 Å². The zero-order valence-corrected chi connectivity index (χ0v) is 14.2. The lowest BCUT2D eigenvalue weighted by Crippen LogP contribution is -2.45. The van der Waals surface area contributed by atoms with Gasteiger partial charge < -0.3 is 15.2 Å². The average Bonchev–Trinajstić information content (AvgIpc) is 2.95. The molecule has 2 fully saturated rings. The average molecular weight is 318 g/mol. The van der Waals surface area contributed by atoms with E-state index in [-0.39, 0.29) is 12.0 Å². The second-order valence-corrected chi connectivity index (χ2v) is 7.35. The number of nitrogens with one attached hydrogen (secondary N) is 1. The maximum Gasteiger partial charge on any atom is 0.0501 e. The predicted molar refractivity (Wildman–Crippen MR) is 92.3 cm³/mol. The van der Waals surface area contributed by atoms with Crippen LogP contribution in [0.5, 0.6) is 0 Å². The molecular weight excluding hydrogens is 288 g/mol. The third-order valence-electron chi connectivity index (χ3n) is 5.59. The number of aliphatic hydroxyl groups is 1. The Kier molecular flexibility index (Phi) is 5.70. The minimum Gasteiger partial charge on any atom is -0.396 e. The molecule has 2 saturated heterocycles. The van der Waals surface area contributed by atoms with Crippen LogP contribution in [-0.4, -0.2) is 55.0 Å². The molecule has 2 aliphatic heterocycles. The van der Waals surface area contributed by atoms with Crippen molar-refractivity contribution >= 4 is 0 Å². The fourth-order valence-electron chi connectivity index (χ4n) is 3.84. The second kappa shape index (κ2) is 7.75. The SMILES string of the molecule is CC1CC(NCC2(CO)CCOCC2)CN1Cc1ccccc1. The minimum atomic E-state index is 0.0222. The van der Waals surface area contributed by atoms with E-state index < -0.39 is 0 Å². The van der Waals surface area contributed by atoms with Crippen molar-refractivity contribution in [3.63, 3.8) is 0 Å². The third kappa shape index (κ3) is 4.32. The van der Waals surface area contributed by atoms with Crippen LogP contribution >= 0.6 is 0 Å². The first-order valence-electron chi connectivity index (χ1n) is 8.91. The molecule has 0 aromatic heterocycles. The lowest BCUT2D eigenvalue weighted by molar-refractivity contribution is -0.0164. The van der Waals surface area contributed by atoms with Gasteiger partial charge in [-0.2, -0.15) is 0 Å². The number of likely N-dealkylation sites (tertiary alicyclic amines) is 1. The van der Waals surface area contributed by atoms with Gasteiger partial charge in [0.2, 0.25) is 0 Å². The second-order valence-electron chi connectivity index (χ2n) is 7.35. The van der Waals surface area contributed by atoms with Gasteiger partial charge in [0, 0.05) is 50.3 Å². The van der Waals surface area contributed by atoms with Crippen LogP contribution in [0, 0.1) is 5.41 Å². The van der Waals surface area contributed by atoms with E-state index in [0.29, 0.717) is 12.1 Å². The van der Waals surface area contributed by atoms with Gasteiger partial charge in [-0.1, -0.05) is 30.3 Å². The molecule has 2 heterocycles. The van der Waals surface area contributed by atoms with E-state index >= 15 is 0 Å². The molecule has 0 aliphatic carbocycles. The molecule has 128 valence electrons. The summed E-state index contributed by atoms with van der Waals surface area (Å²) >= 11 is 0. The molecule has 1 aromatic rings. The zero-order valence-electron chi connectivity index (χ0n) is 14.2. The van der Waals surface area contributed by atoms with Gasteiger partial charge in [0.1, 0.15) is 0 Å². The van der Waals surface area contributed by atoms with Crippen molar-refractivity contribution in [2.75, 3.05) is 32.9 Å². The molecular formula is C19H30N2O2. The Hall–Kier alpha value is -0.940. The molecule has 1 aromatic carbocycles. The van der Waals surface area contributed by atoms with E-state index in [1.165, 1.54) is 12.0 Å². The minimum absolute atomic E-state index is 0.0222. The lowest BCUT2D eigenvalue weighted by Gasteiger charge is -2.36. The lowest BCUT2D eigenvalue weighted by atomic mass is 9.81. The highest BCUT2D eigenvalue weighted by Gasteiger charge is 2.34. The zero-order chi connectivity index (χ0) is 16.1. The first-order chi connectivity index (χ1) is 11.2. The number of hydrogen-bond donors (Lipinski definition) is 2. The normalized spacial score (nSPS) is 28.1. The molecule has 0 amide bonds. The van der Waals surface area contributed by atoms with Crippen molar-refractivity contribution in [3.05, 3.63) is 35.9 Å². The van der Waals surface area contributed by atoms with Gasteiger partial charge in [-0.3, -0.25) is 4.90 Å². The van der Waals surface area contributed by atoms with Gasteiger partial charge in [0.25, 0.3) is 0 Å². The molecule has 2 unspecified atom stereocenters. The van der Waals surface area contributed by atoms with E-state index in [1.807, 2.05) is 0 Å². The van der Waals surface area contributed by atoms with Crippen LogP contribution in [0.2, 0.25) is 0 Å². The number of aliphatic hydroxyl groups excluding tert-OH is 1. The summed E-state index contributed by atoms with van der Waals surface area (Å²) in [5, 5.41) is 13.5. The Morgan fingerprint density at radius 1 is 1.26 bits per heavy atom. The van der Waals surface area contributed by atoms with E-state index in [4.69, 9.17) is 4.74 Å². The van der Waals surface area contributed by atoms with Crippen LogP contribution in [0.1, 0.15) is 31.7 Å². The van der Waals surface area contributed by atoms with Gasteiger partial charge in [-0.25, -0.2) is 0 Å². The Labute approximate surface area is 139 Å². The number of ether oxygens (including phenoxy) is 1. The predicted octanol–water partition coefficient (Wildman–Crippen LogP) is 2.03. The van der Waals surface area contributed by atoms with Crippen molar-refractivity contribution in [3.8, 4) is 0 Å². The smallest absolute Gasteiger partial charge is 0.0501 e. The summed E-state index contributed by atoms with van der Waals surface area (Å²) in [6.07, 6.45) is 3.11. The molecule has 4 nitrogen and oxygen atoms in total. The molecule has 23 heavy (non-hydrogen) atoms. The maximum atomic E-state index is 9.81. The quantitative estimate of drug-likeness (QED) is 0.842. The van der Waals surface area contributed by atoms with Crippen molar-refractivity contribution in [2.45, 2.75) is 44.8 Å². The molecule has 0 spiro atoms. The summed E-state index contributed by atoms with van der Waals surface area (Å²) < 4.78 is 5.45. The summed E-state index contributed by atoms with van der Waals surface area (Å²) in [5.41, 5.74) is 1.41. The first kappa shape index (κ1) is 16.9. The van der Waals surface area contributed by atoms with Crippen LogP contribution in [0.3, 0.4) is 0 Å². The van der Waals surface area contributed by atoms with Gasteiger partial charge in [-0.05, 0) is 31.7 Å². The standard InChI is InChI=1S/C19H30N2O2/c1-16-11-18(13-21(16)12-17-5-3-2-4-6-17)20-14-19(15-22)7-9-23-10-8-19/h2-6,16,18,20,22H,7-15H2,1H3.